The quantitative estimate of drug-likeness (QED) is 0.194. The first kappa shape index (κ1) is 14.1. The minimum atomic E-state index is -0.903. The number of hydrogen-bond donors (Lipinski definition) is 6. The molecule has 0 bridgehead atoms. The molecule has 0 aliphatic carbocycles. The second-order valence-electron chi connectivity index (χ2n) is 4.21. The molecular weight excluding hydrogens is 312 g/mol. The summed E-state index contributed by atoms with van der Waals surface area (Å²) < 4.78 is -0.0134. The van der Waals surface area contributed by atoms with Crippen molar-refractivity contribution in [2.45, 2.75) is 0 Å². The van der Waals surface area contributed by atoms with Crippen molar-refractivity contribution in [3.8, 4) is 0 Å². The maximum atomic E-state index is 11.0. The molecule has 0 saturated heterocycles. The fraction of sp³-hybridized carbons (Fsp3) is 0. The fourth-order valence-corrected chi connectivity index (χ4v) is 1.77. The molecule has 23 heavy (non-hydrogen) atoms. The molecule has 0 spiro atoms. The van der Waals surface area contributed by atoms with E-state index in [4.69, 9.17) is 5.21 Å². The van der Waals surface area contributed by atoms with Crippen LogP contribution in [0.2, 0.25) is 0 Å². The molecule has 0 amide bonds. The Morgan fingerprint density at radius 2 is 1.48 bits per heavy atom. The lowest BCUT2D eigenvalue weighted by Crippen LogP contribution is -2.33. The second-order valence-corrected chi connectivity index (χ2v) is 4.21. The zero-order chi connectivity index (χ0) is 16.6. The first-order chi connectivity index (χ1) is 11.0. The van der Waals surface area contributed by atoms with Crippen molar-refractivity contribution in [3.05, 3.63) is 54.3 Å². The standard InChI is InChI=1S/C5H4N4O3.C5H4N4O2/c10-4-2-3(7-1-6-2)8-5(11)9(4)12;10-4-2-3(7-1-6-2)8-5(11)9-4/h1,12H,(H,6,7)(H,8,11);1H,(H3,6,7,8,9,10,11). The Hall–Kier alpha value is -3.90. The monoisotopic (exact) mass is 320 g/mol. The van der Waals surface area contributed by atoms with Crippen LogP contribution in [0.5, 0.6) is 0 Å². The molecular formula is C10H8N8O5. The lowest BCUT2D eigenvalue weighted by atomic mass is 10.5. The van der Waals surface area contributed by atoms with E-state index in [1.807, 2.05) is 0 Å². The smallest absolute Gasteiger partial charge is 0.363 e. The first-order valence-electron chi connectivity index (χ1n) is 6.00. The Kier molecular flexibility index (Phi) is 3.14. The summed E-state index contributed by atoms with van der Waals surface area (Å²) in [7, 11) is 0. The lowest BCUT2D eigenvalue weighted by molar-refractivity contribution is 0.162. The largest absolute Gasteiger partial charge is 0.421 e. The fourth-order valence-electron chi connectivity index (χ4n) is 1.77. The molecule has 0 aromatic carbocycles. The summed E-state index contributed by atoms with van der Waals surface area (Å²) in [5.41, 5.74) is -1.96. The molecule has 4 aromatic rings. The van der Waals surface area contributed by atoms with Crippen molar-refractivity contribution in [1.29, 1.82) is 0 Å². The van der Waals surface area contributed by atoms with Crippen LogP contribution in [-0.2, 0) is 0 Å². The van der Waals surface area contributed by atoms with Crippen LogP contribution in [-0.4, -0.2) is 44.8 Å². The number of H-pyrrole nitrogens is 5. The van der Waals surface area contributed by atoms with Crippen molar-refractivity contribution < 1.29 is 5.21 Å². The highest BCUT2D eigenvalue weighted by Crippen LogP contribution is 1.93. The molecule has 0 saturated carbocycles. The molecule has 0 fully saturated rings. The van der Waals surface area contributed by atoms with Crippen LogP contribution in [0.4, 0.5) is 0 Å². The Morgan fingerprint density at radius 1 is 0.870 bits per heavy atom. The molecule has 6 N–H and O–H groups in total. The van der Waals surface area contributed by atoms with Gasteiger partial charge in [-0.15, -0.1) is 0 Å². The van der Waals surface area contributed by atoms with Gasteiger partial charge in [0.2, 0.25) is 0 Å². The Morgan fingerprint density at radius 3 is 2.17 bits per heavy atom. The third-order valence-electron chi connectivity index (χ3n) is 2.79. The molecule has 13 nitrogen and oxygen atoms in total. The highest BCUT2D eigenvalue weighted by Gasteiger charge is 2.06. The zero-order valence-corrected chi connectivity index (χ0v) is 11.1. The number of imidazole rings is 2. The molecule has 4 rings (SSSR count). The highest BCUT2D eigenvalue weighted by atomic mass is 16.5. The van der Waals surface area contributed by atoms with Crippen LogP contribution in [0.3, 0.4) is 0 Å². The van der Waals surface area contributed by atoms with E-state index < -0.39 is 22.5 Å². The normalized spacial score (nSPS) is 10.6. The molecule has 13 heteroatoms. The van der Waals surface area contributed by atoms with E-state index in [1.165, 1.54) is 12.7 Å². The number of fused-ring (bicyclic) bond motifs is 2. The van der Waals surface area contributed by atoms with Crippen LogP contribution in [0.1, 0.15) is 0 Å². The predicted octanol–water partition coefficient (Wildman–Crippen LogP) is -2.41. The van der Waals surface area contributed by atoms with Gasteiger partial charge in [-0.05, 0) is 0 Å². The number of nitrogens with zero attached hydrogens (tertiary/aromatic N) is 3. The molecule has 0 atom stereocenters. The zero-order valence-electron chi connectivity index (χ0n) is 11.1. The maximum absolute atomic E-state index is 11.0. The predicted molar refractivity (Wildman–Crippen MR) is 75.5 cm³/mol. The van der Waals surface area contributed by atoms with Crippen molar-refractivity contribution in [3.63, 3.8) is 0 Å². The summed E-state index contributed by atoms with van der Waals surface area (Å²) >= 11 is 0. The number of aromatic amines is 5. The molecule has 4 heterocycles. The first-order valence-corrected chi connectivity index (χ1v) is 6.00. The SMILES string of the molecule is O=c1[nH]c(=O)c2[nH]cnc2[nH]1.O=c1[nH]c2nc[nH]c2c(=O)n1O. The van der Waals surface area contributed by atoms with Crippen molar-refractivity contribution in [2.24, 2.45) is 0 Å². The summed E-state index contributed by atoms with van der Waals surface area (Å²) in [6.07, 6.45) is 2.60. The lowest BCUT2D eigenvalue weighted by Gasteiger charge is -1.91. The van der Waals surface area contributed by atoms with Gasteiger partial charge in [-0.3, -0.25) is 24.5 Å². The van der Waals surface area contributed by atoms with Gasteiger partial charge in [0.15, 0.2) is 16.8 Å². The third kappa shape index (κ3) is 2.41. The van der Waals surface area contributed by atoms with Crippen molar-refractivity contribution >= 4 is 22.3 Å². The van der Waals surface area contributed by atoms with Gasteiger partial charge >= 0.3 is 16.9 Å². The summed E-state index contributed by atoms with van der Waals surface area (Å²) in [4.78, 5) is 62.4. The average Bonchev–Trinajstić information content (AvgIpc) is 3.14. The summed E-state index contributed by atoms with van der Waals surface area (Å²) in [6.45, 7) is 0. The maximum Gasteiger partial charge on any atom is 0.363 e. The minimum Gasteiger partial charge on any atom is -0.421 e. The molecule has 0 aliphatic rings. The molecule has 4 aromatic heterocycles. The summed E-state index contributed by atoms with van der Waals surface area (Å²) in [5.74, 6) is 0. The van der Waals surface area contributed by atoms with E-state index in [1.54, 1.807) is 0 Å². The van der Waals surface area contributed by atoms with Gasteiger partial charge in [-0.2, -0.15) is 0 Å². The van der Waals surface area contributed by atoms with E-state index >= 15 is 0 Å². The van der Waals surface area contributed by atoms with Gasteiger partial charge in [0, 0.05) is 0 Å². The van der Waals surface area contributed by atoms with Gasteiger partial charge in [0.1, 0.15) is 5.52 Å². The molecule has 0 aliphatic heterocycles. The second kappa shape index (κ2) is 5.14. The van der Waals surface area contributed by atoms with E-state index in [9.17, 15) is 19.2 Å². The number of nitrogens with one attached hydrogen (secondary N) is 5. The van der Waals surface area contributed by atoms with Crippen LogP contribution < -0.4 is 22.5 Å². The number of rotatable bonds is 0. The van der Waals surface area contributed by atoms with E-state index in [2.05, 4.69) is 34.9 Å². The van der Waals surface area contributed by atoms with Gasteiger partial charge in [-0.25, -0.2) is 19.6 Å². The van der Waals surface area contributed by atoms with Crippen LogP contribution in [0.25, 0.3) is 22.3 Å². The minimum absolute atomic E-state index is 0.0134. The topological polar surface area (TPSA) is 198 Å². The average molecular weight is 320 g/mol. The van der Waals surface area contributed by atoms with Crippen LogP contribution in [0.15, 0.2) is 31.8 Å². The van der Waals surface area contributed by atoms with Crippen molar-refractivity contribution in [2.75, 3.05) is 0 Å². The van der Waals surface area contributed by atoms with Gasteiger partial charge in [0.05, 0.1) is 12.7 Å². The molecule has 0 unspecified atom stereocenters. The Balaban J connectivity index is 0.000000136. The third-order valence-corrected chi connectivity index (χ3v) is 2.79. The van der Waals surface area contributed by atoms with Gasteiger partial charge in [0.25, 0.3) is 5.56 Å². The van der Waals surface area contributed by atoms with Crippen LogP contribution in [0, 0.1) is 0 Å². The summed E-state index contributed by atoms with van der Waals surface area (Å²) in [6, 6.07) is 0. The number of aromatic nitrogens is 8. The highest BCUT2D eigenvalue weighted by molar-refractivity contribution is 5.68. The Labute approximate surface area is 122 Å². The number of hydrogen-bond acceptors (Lipinski definition) is 7. The van der Waals surface area contributed by atoms with Gasteiger partial charge < -0.3 is 15.2 Å². The van der Waals surface area contributed by atoms with Crippen molar-refractivity contribution in [1.82, 2.24) is 39.6 Å². The van der Waals surface area contributed by atoms with Gasteiger partial charge in [-0.1, -0.05) is 4.73 Å². The molecule has 0 radical (unpaired) electrons. The van der Waals surface area contributed by atoms with Crippen LogP contribution >= 0.6 is 0 Å². The van der Waals surface area contributed by atoms with E-state index in [0.717, 1.165) is 0 Å². The molecule has 118 valence electrons. The van der Waals surface area contributed by atoms with E-state index in [0.29, 0.717) is 0 Å². The summed E-state index contributed by atoms with van der Waals surface area (Å²) in [5, 5.41) is 8.84. The Bertz CT molecular complexity index is 1220. The van der Waals surface area contributed by atoms with E-state index in [-0.39, 0.29) is 27.1 Å².